The fraction of sp³-hybridized carbons (Fsp3) is 0.700. The summed E-state index contributed by atoms with van der Waals surface area (Å²) in [6, 6.07) is 9.70. The molecule has 0 amide bonds. The molecule has 3 unspecified atom stereocenters. The number of rotatable bonds is 1. The lowest BCUT2D eigenvalue weighted by Crippen LogP contribution is -2.72. The van der Waals surface area contributed by atoms with Gasteiger partial charge in [-0.1, -0.05) is 25.1 Å². The molecule has 128 valence electrons. The van der Waals surface area contributed by atoms with Gasteiger partial charge in [0.25, 0.3) is 0 Å². The number of para-hydroxylation sites is 1. The number of benzene rings is 1. The van der Waals surface area contributed by atoms with Crippen molar-refractivity contribution in [1.82, 2.24) is 4.90 Å². The summed E-state index contributed by atoms with van der Waals surface area (Å²) in [4.78, 5) is 4.83. The molecule has 0 aromatic heterocycles. The molecule has 24 heavy (non-hydrogen) atoms. The van der Waals surface area contributed by atoms with E-state index in [4.69, 9.17) is 0 Å². The molecule has 7 rings (SSSR count). The van der Waals surface area contributed by atoms with Crippen molar-refractivity contribution >= 4 is 5.69 Å². The highest BCUT2D eigenvalue weighted by molar-refractivity contribution is 5.67. The molecule has 5 bridgehead atoms. The van der Waals surface area contributed by atoms with E-state index in [-0.39, 0.29) is 17.7 Å². The van der Waals surface area contributed by atoms with E-state index in [1.165, 1.54) is 11.3 Å². The average Bonchev–Trinajstić information content (AvgIpc) is 2.97. The van der Waals surface area contributed by atoms with Crippen LogP contribution in [-0.4, -0.2) is 52.6 Å². The molecule has 5 fully saturated rings. The number of likely N-dealkylation sites (N-methyl/N-ethyl adjacent to an activating group) is 1. The second kappa shape index (κ2) is 4.17. The number of aliphatic hydroxyl groups excluding tert-OH is 2. The minimum atomic E-state index is -0.319. The van der Waals surface area contributed by atoms with Crippen molar-refractivity contribution in [2.45, 2.75) is 62.1 Å². The predicted molar refractivity (Wildman–Crippen MR) is 91.7 cm³/mol. The Bertz CT molecular complexity index is 723. The smallest absolute Gasteiger partial charge is 0.111 e. The molecule has 1 aromatic carbocycles. The maximum Gasteiger partial charge on any atom is 0.111 e. The zero-order valence-corrected chi connectivity index (χ0v) is 14.3. The van der Waals surface area contributed by atoms with Gasteiger partial charge in [0.05, 0.1) is 12.1 Å². The van der Waals surface area contributed by atoms with Gasteiger partial charge in [-0.15, -0.1) is 0 Å². The number of aliphatic hydroxyl groups is 2. The van der Waals surface area contributed by atoms with Gasteiger partial charge in [0, 0.05) is 42.1 Å². The molecule has 4 heteroatoms. The van der Waals surface area contributed by atoms with Crippen molar-refractivity contribution in [2.75, 3.05) is 11.9 Å². The highest BCUT2D eigenvalue weighted by Gasteiger charge is 2.76. The lowest BCUT2D eigenvalue weighted by Gasteiger charge is -2.62. The van der Waals surface area contributed by atoms with Crippen LogP contribution in [0.3, 0.4) is 0 Å². The van der Waals surface area contributed by atoms with Crippen LogP contribution >= 0.6 is 0 Å². The quantitative estimate of drug-likeness (QED) is 0.822. The van der Waals surface area contributed by atoms with Crippen LogP contribution in [0.4, 0.5) is 5.69 Å². The first-order valence-electron chi connectivity index (χ1n) is 9.57. The number of nitrogens with zero attached hydrogens (tertiary/aromatic N) is 2. The second-order valence-electron chi connectivity index (χ2n) is 8.81. The minimum absolute atomic E-state index is 0.126. The van der Waals surface area contributed by atoms with E-state index >= 15 is 0 Å². The summed E-state index contributed by atoms with van der Waals surface area (Å²) in [5.74, 6) is 1.14. The zero-order chi connectivity index (χ0) is 16.4. The lowest BCUT2D eigenvalue weighted by molar-refractivity contribution is -0.211. The third kappa shape index (κ3) is 1.20. The normalized spacial score (nSPS) is 55.8. The van der Waals surface area contributed by atoms with Gasteiger partial charge in [-0.2, -0.15) is 0 Å². The number of hydrogen-bond donors (Lipinski definition) is 2. The van der Waals surface area contributed by atoms with E-state index < -0.39 is 0 Å². The zero-order valence-electron chi connectivity index (χ0n) is 14.3. The van der Waals surface area contributed by atoms with Crippen LogP contribution in [0.5, 0.6) is 0 Å². The first-order valence-corrected chi connectivity index (χ1v) is 9.57. The highest BCUT2D eigenvalue weighted by atomic mass is 16.3. The number of piperidine rings is 4. The van der Waals surface area contributed by atoms with E-state index in [1.807, 2.05) is 0 Å². The van der Waals surface area contributed by atoms with Crippen LogP contribution in [0, 0.1) is 17.8 Å². The Labute approximate surface area is 143 Å². The van der Waals surface area contributed by atoms with Crippen molar-refractivity contribution in [2.24, 2.45) is 17.8 Å². The monoisotopic (exact) mass is 326 g/mol. The molecule has 10 atom stereocenters. The number of hydrogen-bond acceptors (Lipinski definition) is 4. The van der Waals surface area contributed by atoms with Gasteiger partial charge >= 0.3 is 0 Å². The molecular weight excluding hydrogens is 300 g/mol. The van der Waals surface area contributed by atoms with Crippen molar-refractivity contribution in [1.29, 1.82) is 0 Å². The van der Waals surface area contributed by atoms with Crippen LogP contribution in [-0.2, 0) is 5.41 Å². The van der Waals surface area contributed by atoms with Gasteiger partial charge < -0.3 is 15.1 Å². The van der Waals surface area contributed by atoms with Crippen LogP contribution in [0.15, 0.2) is 24.3 Å². The minimum Gasteiger partial charge on any atom is -0.392 e. The Hall–Kier alpha value is -1.10. The van der Waals surface area contributed by atoms with Gasteiger partial charge in [0.1, 0.15) is 6.23 Å². The summed E-state index contributed by atoms with van der Waals surface area (Å²) in [5.41, 5.74) is 2.51. The molecule has 0 radical (unpaired) electrons. The fourth-order valence-corrected chi connectivity index (χ4v) is 7.88. The van der Waals surface area contributed by atoms with E-state index in [1.54, 1.807) is 0 Å². The molecule has 2 N–H and O–H groups in total. The van der Waals surface area contributed by atoms with Crippen LogP contribution in [0.1, 0.15) is 31.7 Å². The number of fused-ring (bicyclic) bond motifs is 2. The number of anilines is 1. The topological polar surface area (TPSA) is 46.9 Å². The van der Waals surface area contributed by atoms with E-state index in [9.17, 15) is 10.2 Å². The Morgan fingerprint density at radius 3 is 2.79 bits per heavy atom. The van der Waals surface area contributed by atoms with Gasteiger partial charge in [0.15, 0.2) is 0 Å². The Balaban J connectivity index is 1.60. The van der Waals surface area contributed by atoms with Gasteiger partial charge in [-0.3, -0.25) is 4.90 Å². The fourth-order valence-electron chi connectivity index (χ4n) is 7.88. The van der Waals surface area contributed by atoms with Crippen LogP contribution in [0.2, 0.25) is 0 Å². The van der Waals surface area contributed by atoms with Crippen LogP contribution in [0.25, 0.3) is 0 Å². The molecule has 6 aliphatic rings. The molecule has 1 saturated carbocycles. The van der Waals surface area contributed by atoms with Crippen LogP contribution < -0.4 is 4.90 Å². The standard InChI is InChI=1S/C20H26N2O2/c1-3-10-11-8-14-17-20(12-6-4-5-7-13(12)21(17)2)9-15(16(11)18(20)23)22(14)19(10)24/h4-7,10-11,14-19,23-24H,3,8-9H2,1-2H3/t10-,11+,14-,15-,16?,17-,18?,19+,20+/m0/s1. The maximum atomic E-state index is 11.6. The summed E-state index contributed by atoms with van der Waals surface area (Å²) >= 11 is 0. The summed E-state index contributed by atoms with van der Waals surface area (Å²) in [6.45, 7) is 2.19. The molecule has 5 heterocycles. The van der Waals surface area contributed by atoms with Crippen molar-refractivity contribution < 1.29 is 10.2 Å². The van der Waals surface area contributed by atoms with E-state index in [2.05, 4.69) is 48.0 Å². The molecule has 4 saturated heterocycles. The Morgan fingerprint density at radius 1 is 1.21 bits per heavy atom. The van der Waals surface area contributed by atoms with Gasteiger partial charge in [0.2, 0.25) is 0 Å². The maximum absolute atomic E-state index is 11.6. The summed E-state index contributed by atoms with van der Waals surface area (Å²) in [5, 5.41) is 22.6. The van der Waals surface area contributed by atoms with Gasteiger partial charge in [-0.05, 0) is 36.8 Å². The second-order valence-corrected chi connectivity index (χ2v) is 8.81. The summed E-state index contributed by atoms with van der Waals surface area (Å²) in [6.07, 6.45) is 2.56. The summed E-state index contributed by atoms with van der Waals surface area (Å²) in [7, 11) is 2.19. The molecule has 5 aliphatic heterocycles. The average molecular weight is 326 g/mol. The Morgan fingerprint density at radius 2 is 2.00 bits per heavy atom. The largest absolute Gasteiger partial charge is 0.392 e. The third-order valence-corrected chi connectivity index (χ3v) is 8.46. The highest BCUT2D eigenvalue weighted by Crippen LogP contribution is 2.68. The Kier molecular flexibility index (Phi) is 2.45. The molecule has 1 aliphatic carbocycles. The summed E-state index contributed by atoms with van der Waals surface area (Å²) < 4.78 is 0. The third-order valence-electron chi connectivity index (χ3n) is 8.46. The molecule has 1 aromatic rings. The lowest BCUT2D eigenvalue weighted by atomic mass is 9.62. The van der Waals surface area contributed by atoms with Gasteiger partial charge in [-0.25, -0.2) is 0 Å². The first-order chi connectivity index (χ1) is 11.6. The molecular formula is C20H26N2O2. The van der Waals surface area contributed by atoms with Crippen molar-refractivity contribution in [3.8, 4) is 0 Å². The first kappa shape index (κ1) is 14.1. The van der Waals surface area contributed by atoms with E-state index in [0.717, 1.165) is 19.3 Å². The van der Waals surface area contributed by atoms with E-state index in [0.29, 0.717) is 35.9 Å². The van der Waals surface area contributed by atoms with Crippen molar-refractivity contribution in [3.05, 3.63) is 29.8 Å². The predicted octanol–water partition coefficient (Wildman–Crippen LogP) is 1.55. The SMILES string of the molecule is CC[C@@H]1[C@@H](O)N2[C@H]3C[C@@]45c6ccccc6N(C)[C@H]4[C@@H]2C[C@H]1C3C5O. The molecule has 1 spiro atoms. The molecule has 4 nitrogen and oxygen atoms in total. The van der Waals surface area contributed by atoms with Crippen molar-refractivity contribution in [3.63, 3.8) is 0 Å².